The first-order chi connectivity index (χ1) is 12.5. The fourth-order valence-electron chi connectivity index (χ4n) is 3.03. The van der Waals surface area contributed by atoms with E-state index in [9.17, 15) is 9.59 Å². The van der Waals surface area contributed by atoms with Crippen LogP contribution in [0, 0.1) is 13.8 Å². The second-order valence-corrected chi connectivity index (χ2v) is 6.58. The Morgan fingerprint density at radius 3 is 2.46 bits per heavy atom. The molecule has 1 saturated heterocycles. The number of hydrogen-bond donors (Lipinski definition) is 2. The van der Waals surface area contributed by atoms with Crippen molar-refractivity contribution < 1.29 is 14.3 Å². The molecule has 1 aliphatic heterocycles. The molecule has 1 unspecified atom stereocenters. The standard InChI is InChI=1S/C20H23N3O3/c1-13-9-14(2)11-15(10-13)22-20(25)18-7-3-6-17(23-18)19(24)21-12-16-5-4-8-26-16/h3,6-7,9-11,16H,4-5,8,12H2,1-2H3,(H,21,24)(H,22,25). The number of aryl methyl sites for hydroxylation is 2. The van der Waals surface area contributed by atoms with E-state index in [1.54, 1.807) is 18.2 Å². The fraction of sp³-hybridized carbons (Fsp3) is 0.350. The monoisotopic (exact) mass is 353 g/mol. The van der Waals surface area contributed by atoms with Crippen LogP contribution >= 0.6 is 0 Å². The molecule has 2 aromatic rings. The fourth-order valence-corrected chi connectivity index (χ4v) is 3.03. The number of hydrogen-bond acceptors (Lipinski definition) is 4. The Balaban J connectivity index is 1.65. The molecular weight excluding hydrogens is 330 g/mol. The lowest BCUT2D eigenvalue weighted by molar-refractivity contribution is 0.0853. The maximum Gasteiger partial charge on any atom is 0.274 e. The number of amides is 2. The number of benzene rings is 1. The summed E-state index contributed by atoms with van der Waals surface area (Å²) in [6.07, 6.45) is 2.04. The Morgan fingerprint density at radius 1 is 1.12 bits per heavy atom. The van der Waals surface area contributed by atoms with Gasteiger partial charge in [-0.3, -0.25) is 9.59 Å². The van der Waals surface area contributed by atoms with Crippen molar-refractivity contribution in [1.29, 1.82) is 0 Å². The summed E-state index contributed by atoms with van der Waals surface area (Å²) in [6.45, 7) is 5.15. The van der Waals surface area contributed by atoms with Gasteiger partial charge >= 0.3 is 0 Å². The summed E-state index contributed by atoms with van der Waals surface area (Å²) in [5, 5.41) is 5.64. The van der Waals surface area contributed by atoms with E-state index in [0.29, 0.717) is 12.2 Å². The number of pyridine rings is 1. The number of anilines is 1. The lowest BCUT2D eigenvalue weighted by Gasteiger charge is -2.11. The highest BCUT2D eigenvalue weighted by atomic mass is 16.5. The Bertz CT molecular complexity index is 793. The minimum Gasteiger partial charge on any atom is -0.376 e. The molecule has 1 atom stereocenters. The second kappa shape index (κ2) is 8.10. The molecule has 2 heterocycles. The lowest BCUT2D eigenvalue weighted by Crippen LogP contribution is -2.32. The van der Waals surface area contributed by atoms with E-state index in [1.807, 2.05) is 32.0 Å². The predicted octanol–water partition coefficient (Wildman–Crippen LogP) is 2.86. The van der Waals surface area contributed by atoms with Gasteiger partial charge in [0.2, 0.25) is 0 Å². The number of carbonyl (C=O) groups excluding carboxylic acids is 2. The highest BCUT2D eigenvalue weighted by Gasteiger charge is 2.18. The van der Waals surface area contributed by atoms with Gasteiger partial charge in [-0.2, -0.15) is 0 Å². The van der Waals surface area contributed by atoms with Crippen molar-refractivity contribution >= 4 is 17.5 Å². The van der Waals surface area contributed by atoms with Crippen LogP contribution in [0.5, 0.6) is 0 Å². The van der Waals surface area contributed by atoms with Crippen LogP contribution < -0.4 is 10.6 Å². The summed E-state index contributed by atoms with van der Waals surface area (Å²) in [4.78, 5) is 28.9. The highest BCUT2D eigenvalue weighted by Crippen LogP contribution is 2.15. The van der Waals surface area contributed by atoms with Crippen LogP contribution in [-0.4, -0.2) is 36.1 Å². The molecule has 6 nitrogen and oxygen atoms in total. The van der Waals surface area contributed by atoms with Gasteiger partial charge in [-0.1, -0.05) is 12.1 Å². The maximum atomic E-state index is 12.5. The van der Waals surface area contributed by atoms with Crippen molar-refractivity contribution in [3.05, 3.63) is 58.9 Å². The van der Waals surface area contributed by atoms with Gasteiger partial charge in [0, 0.05) is 18.8 Å². The first kappa shape index (κ1) is 18.1. The molecule has 1 aliphatic rings. The van der Waals surface area contributed by atoms with Crippen LogP contribution in [-0.2, 0) is 4.74 Å². The van der Waals surface area contributed by atoms with Gasteiger partial charge in [0.25, 0.3) is 11.8 Å². The molecule has 1 fully saturated rings. The van der Waals surface area contributed by atoms with Crippen molar-refractivity contribution in [1.82, 2.24) is 10.3 Å². The van der Waals surface area contributed by atoms with Crippen LogP contribution in [0.25, 0.3) is 0 Å². The minimum absolute atomic E-state index is 0.0648. The largest absolute Gasteiger partial charge is 0.376 e. The first-order valence-electron chi connectivity index (χ1n) is 8.78. The van der Waals surface area contributed by atoms with Gasteiger partial charge in [-0.15, -0.1) is 0 Å². The molecule has 2 amide bonds. The molecule has 0 spiro atoms. The molecule has 26 heavy (non-hydrogen) atoms. The average Bonchev–Trinajstić information content (AvgIpc) is 3.12. The van der Waals surface area contributed by atoms with Gasteiger partial charge in [-0.25, -0.2) is 4.98 Å². The smallest absolute Gasteiger partial charge is 0.274 e. The number of rotatable bonds is 5. The Labute approximate surface area is 153 Å². The predicted molar refractivity (Wildman–Crippen MR) is 99.4 cm³/mol. The SMILES string of the molecule is Cc1cc(C)cc(NC(=O)c2cccc(C(=O)NCC3CCCO3)n2)c1. The Hall–Kier alpha value is -2.73. The summed E-state index contributed by atoms with van der Waals surface area (Å²) in [5.74, 6) is -0.648. The van der Waals surface area contributed by atoms with E-state index in [1.165, 1.54) is 0 Å². The molecule has 1 aromatic heterocycles. The van der Waals surface area contributed by atoms with Gasteiger partial charge < -0.3 is 15.4 Å². The third-order valence-corrected chi connectivity index (χ3v) is 4.21. The zero-order valence-corrected chi connectivity index (χ0v) is 15.0. The summed E-state index contributed by atoms with van der Waals surface area (Å²) < 4.78 is 5.49. The van der Waals surface area contributed by atoms with Crippen molar-refractivity contribution in [2.24, 2.45) is 0 Å². The molecule has 3 rings (SSSR count). The number of nitrogens with one attached hydrogen (secondary N) is 2. The van der Waals surface area contributed by atoms with E-state index in [4.69, 9.17) is 4.74 Å². The summed E-state index contributed by atoms with van der Waals surface area (Å²) in [6, 6.07) is 10.7. The molecular formula is C20H23N3O3. The molecule has 0 bridgehead atoms. The van der Waals surface area contributed by atoms with Crippen molar-refractivity contribution in [3.8, 4) is 0 Å². The zero-order valence-electron chi connectivity index (χ0n) is 15.0. The first-order valence-corrected chi connectivity index (χ1v) is 8.78. The number of aromatic nitrogens is 1. The van der Waals surface area contributed by atoms with Crippen LogP contribution in [0.1, 0.15) is 44.9 Å². The van der Waals surface area contributed by atoms with Gasteiger partial charge in [-0.05, 0) is 62.1 Å². The van der Waals surface area contributed by atoms with Gasteiger partial charge in [0.05, 0.1) is 6.10 Å². The number of nitrogens with zero attached hydrogens (tertiary/aromatic N) is 1. The van der Waals surface area contributed by atoms with Crippen molar-refractivity contribution in [3.63, 3.8) is 0 Å². The van der Waals surface area contributed by atoms with Crippen molar-refractivity contribution in [2.45, 2.75) is 32.8 Å². The normalized spacial score (nSPS) is 16.3. The van der Waals surface area contributed by atoms with E-state index < -0.39 is 0 Å². The topological polar surface area (TPSA) is 80.3 Å². The molecule has 6 heteroatoms. The summed E-state index contributed by atoms with van der Waals surface area (Å²) >= 11 is 0. The molecule has 2 N–H and O–H groups in total. The summed E-state index contributed by atoms with van der Waals surface area (Å²) in [7, 11) is 0. The Morgan fingerprint density at radius 2 is 1.81 bits per heavy atom. The molecule has 136 valence electrons. The minimum atomic E-state index is -0.344. The van der Waals surface area contributed by atoms with E-state index in [0.717, 1.165) is 30.6 Å². The van der Waals surface area contributed by atoms with Crippen LogP contribution in [0.15, 0.2) is 36.4 Å². The van der Waals surface area contributed by atoms with Crippen LogP contribution in [0.4, 0.5) is 5.69 Å². The van der Waals surface area contributed by atoms with E-state index >= 15 is 0 Å². The van der Waals surface area contributed by atoms with Crippen molar-refractivity contribution in [2.75, 3.05) is 18.5 Å². The number of carbonyl (C=O) groups is 2. The third-order valence-electron chi connectivity index (χ3n) is 4.21. The maximum absolute atomic E-state index is 12.5. The third kappa shape index (κ3) is 4.67. The van der Waals surface area contributed by atoms with Gasteiger partial charge in [0.1, 0.15) is 11.4 Å². The summed E-state index contributed by atoms with van der Waals surface area (Å²) in [5.41, 5.74) is 3.26. The van der Waals surface area contributed by atoms with E-state index in [-0.39, 0.29) is 29.3 Å². The molecule has 1 aromatic carbocycles. The molecule has 0 radical (unpaired) electrons. The average molecular weight is 353 g/mol. The quantitative estimate of drug-likeness (QED) is 0.866. The van der Waals surface area contributed by atoms with Crippen LogP contribution in [0.3, 0.4) is 0 Å². The second-order valence-electron chi connectivity index (χ2n) is 6.58. The van der Waals surface area contributed by atoms with Crippen LogP contribution in [0.2, 0.25) is 0 Å². The molecule has 0 saturated carbocycles. The lowest BCUT2D eigenvalue weighted by atomic mass is 10.1. The van der Waals surface area contributed by atoms with Gasteiger partial charge in [0.15, 0.2) is 0 Å². The number of ether oxygens (including phenoxy) is 1. The molecule has 0 aliphatic carbocycles. The highest BCUT2D eigenvalue weighted by molar-refractivity contribution is 6.03. The van der Waals surface area contributed by atoms with E-state index in [2.05, 4.69) is 15.6 Å². The Kier molecular flexibility index (Phi) is 5.63. The zero-order chi connectivity index (χ0) is 18.5.